The predicted octanol–water partition coefficient (Wildman–Crippen LogP) is -0.554. The van der Waals surface area contributed by atoms with Gasteiger partial charge in [-0.05, 0) is 14.0 Å². The van der Waals surface area contributed by atoms with Crippen molar-refractivity contribution in [2.45, 2.75) is 30.5 Å². The molecule has 0 aliphatic rings. The molecule has 0 aliphatic heterocycles. The zero-order valence-corrected chi connectivity index (χ0v) is 11.1. The third-order valence-electron chi connectivity index (χ3n) is 1.96. The Morgan fingerprint density at radius 2 is 2.33 bits per heavy atom. The van der Waals surface area contributed by atoms with Gasteiger partial charge in [-0.15, -0.1) is 12.6 Å². The van der Waals surface area contributed by atoms with Crippen molar-refractivity contribution >= 4 is 24.9 Å². The number of nitrogens with two attached hydrogens (primary N) is 1. The highest BCUT2D eigenvalue weighted by Gasteiger charge is 2.17. The summed E-state index contributed by atoms with van der Waals surface area (Å²) in [6, 6.07) is -0.902. The summed E-state index contributed by atoms with van der Waals surface area (Å²) in [5.74, 6) is -0.884. The summed E-state index contributed by atoms with van der Waals surface area (Å²) in [5, 5.41) is 12.0. The Bertz CT molecular complexity index is 381. The van der Waals surface area contributed by atoms with Gasteiger partial charge in [0.25, 0.3) is 0 Å². The Morgan fingerprint density at radius 3 is 2.61 bits per heavy atom. The van der Waals surface area contributed by atoms with Gasteiger partial charge in [-0.1, -0.05) is 0 Å². The fourth-order valence-corrected chi connectivity index (χ4v) is 1.19. The number of carbonyl (C=O) groups excluding carboxylic acids is 1. The zero-order valence-electron chi connectivity index (χ0n) is 10.3. The summed E-state index contributed by atoms with van der Waals surface area (Å²) in [5.41, 5.74) is 5.65. The van der Waals surface area contributed by atoms with Gasteiger partial charge in [0.1, 0.15) is 17.4 Å². The minimum absolute atomic E-state index is 0.296. The van der Waals surface area contributed by atoms with Crippen molar-refractivity contribution < 1.29 is 14.7 Å². The minimum atomic E-state index is -0.884. The van der Waals surface area contributed by atoms with Crippen LogP contribution in [0.25, 0.3) is 0 Å². The number of aromatic nitrogens is 2. The molecule has 5 N–H and O–H groups in total. The number of likely N-dealkylation sites (N-methyl/N-ethyl adjacent to an activating group) is 1. The molecule has 0 radical (unpaired) electrons. The first-order valence-electron chi connectivity index (χ1n) is 5.24. The van der Waals surface area contributed by atoms with Gasteiger partial charge in [0.05, 0.1) is 18.1 Å². The van der Waals surface area contributed by atoms with E-state index in [1.807, 2.05) is 0 Å². The predicted molar refractivity (Wildman–Crippen MR) is 69.7 cm³/mol. The summed E-state index contributed by atoms with van der Waals surface area (Å²) < 4.78 is 0. The number of thiol groups is 1. The molecule has 0 saturated heterocycles. The van der Waals surface area contributed by atoms with Gasteiger partial charge in [-0.2, -0.15) is 0 Å². The number of nitrogens with one attached hydrogen (secondary N) is 2. The average molecular weight is 274 g/mol. The van der Waals surface area contributed by atoms with E-state index in [1.54, 1.807) is 14.0 Å². The lowest BCUT2D eigenvalue weighted by atomic mass is 10.2. The first kappa shape index (κ1) is 16.6. The van der Waals surface area contributed by atoms with E-state index in [4.69, 9.17) is 10.8 Å². The van der Waals surface area contributed by atoms with Crippen molar-refractivity contribution in [3.05, 3.63) is 12.0 Å². The number of carboxylic acid groups (broad SMARTS) is 1. The highest BCUT2D eigenvalue weighted by Crippen LogP contribution is 2.09. The average Bonchev–Trinajstić information content (AvgIpc) is 2.72. The number of carbonyl (C=O) groups is 2. The van der Waals surface area contributed by atoms with E-state index < -0.39 is 12.0 Å². The van der Waals surface area contributed by atoms with Crippen molar-refractivity contribution in [2.75, 3.05) is 7.05 Å². The maximum Gasteiger partial charge on any atom is 0.321 e. The number of aliphatic carboxylic acids is 1. The lowest BCUT2D eigenvalue weighted by Gasteiger charge is -2.09. The quantitative estimate of drug-likeness (QED) is 0.363. The second kappa shape index (κ2) is 8.67. The molecule has 2 atom stereocenters. The monoisotopic (exact) mass is 274 g/mol. The first-order chi connectivity index (χ1) is 8.42. The highest BCUT2D eigenvalue weighted by molar-refractivity contribution is 7.80. The summed E-state index contributed by atoms with van der Waals surface area (Å²) in [7, 11) is 1.60. The van der Waals surface area contributed by atoms with Gasteiger partial charge in [0.15, 0.2) is 0 Å². The van der Waals surface area contributed by atoms with E-state index in [0.717, 1.165) is 5.69 Å². The molecule has 0 saturated carbocycles. The van der Waals surface area contributed by atoms with Gasteiger partial charge < -0.3 is 25.9 Å². The van der Waals surface area contributed by atoms with Crippen molar-refractivity contribution in [3.63, 3.8) is 0 Å². The number of nitrogens with zero attached hydrogens (tertiary/aromatic N) is 1. The first-order valence-corrected chi connectivity index (χ1v) is 5.69. The summed E-state index contributed by atoms with van der Waals surface area (Å²) in [6.07, 6.45) is 2.54. The molecule has 0 bridgehead atoms. The van der Waals surface area contributed by atoms with E-state index in [0.29, 0.717) is 17.7 Å². The Balaban J connectivity index is 0.000000494. The Morgan fingerprint density at radius 1 is 1.78 bits per heavy atom. The largest absolute Gasteiger partial charge is 0.480 e. The number of aldehydes is 1. The van der Waals surface area contributed by atoms with Crippen LogP contribution >= 0.6 is 12.6 Å². The molecule has 7 nitrogen and oxygen atoms in total. The number of hydrogen-bond acceptors (Lipinski definition) is 6. The molecule has 2 unspecified atom stereocenters. The van der Waals surface area contributed by atoms with Crippen LogP contribution in [0.15, 0.2) is 11.4 Å². The lowest BCUT2D eigenvalue weighted by molar-refractivity contribution is -0.139. The maximum atomic E-state index is 10.6. The molecule has 1 aromatic rings. The van der Waals surface area contributed by atoms with E-state index in [-0.39, 0.29) is 6.04 Å². The second-order valence-corrected chi connectivity index (χ2v) is 4.01. The smallest absolute Gasteiger partial charge is 0.321 e. The van der Waals surface area contributed by atoms with Crippen LogP contribution in [0.3, 0.4) is 0 Å². The SMILES string of the molecule is CC(N)C=O.CNC(Cc1[nH]cnc1S)C(=O)O. The van der Waals surface area contributed by atoms with Crippen LogP contribution in [-0.4, -0.2) is 46.5 Å². The highest BCUT2D eigenvalue weighted by atomic mass is 32.1. The normalized spacial score (nSPS) is 13.1. The summed E-state index contributed by atoms with van der Waals surface area (Å²) in [4.78, 5) is 26.7. The number of rotatable bonds is 5. The van der Waals surface area contributed by atoms with Crippen LogP contribution in [0.1, 0.15) is 12.6 Å². The van der Waals surface area contributed by atoms with Crippen molar-refractivity contribution in [1.29, 1.82) is 0 Å². The van der Waals surface area contributed by atoms with E-state index in [2.05, 4.69) is 27.9 Å². The molecule has 1 rings (SSSR count). The molecule has 1 aromatic heterocycles. The number of hydrogen-bond donors (Lipinski definition) is 5. The number of imidazole rings is 1. The third kappa shape index (κ3) is 6.38. The lowest BCUT2D eigenvalue weighted by Crippen LogP contribution is -2.35. The number of H-pyrrole nitrogens is 1. The van der Waals surface area contributed by atoms with Crippen molar-refractivity contribution in [3.8, 4) is 0 Å². The summed E-state index contributed by atoms with van der Waals surface area (Å²) in [6.45, 7) is 1.63. The molecular weight excluding hydrogens is 256 g/mol. The van der Waals surface area contributed by atoms with Crippen molar-refractivity contribution in [2.24, 2.45) is 5.73 Å². The topological polar surface area (TPSA) is 121 Å². The zero-order chi connectivity index (χ0) is 14.1. The Kier molecular flexibility index (Phi) is 8.01. The molecule has 0 fully saturated rings. The fourth-order valence-electron chi connectivity index (χ4n) is 0.981. The molecule has 18 heavy (non-hydrogen) atoms. The molecule has 0 spiro atoms. The van der Waals surface area contributed by atoms with E-state index in [1.165, 1.54) is 6.33 Å². The molecule has 8 heteroatoms. The van der Waals surface area contributed by atoms with Crippen LogP contribution in [0.4, 0.5) is 0 Å². The maximum absolute atomic E-state index is 10.6. The van der Waals surface area contributed by atoms with Gasteiger partial charge in [-0.25, -0.2) is 4.98 Å². The van der Waals surface area contributed by atoms with Gasteiger partial charge in [0, 0.05) is 6.42 Å². The van der Waals surface area contributed by atoms with Crippen molar-refractivity contribution in [1.82, 2.24) is 15.3 Å². The van der Waals surface area contributed by atoms with Crippen LogP contribution in [-0.2, 0) is 16.0 Å². The minimum Gasteiger partial charge on any atom is -0.480 e. The fraction of sp³-hybridized carbons (Fsp3) is 0.500. The van der Waals surface area contributed by atoms with Gasteiger partial charge in [0.2, 0.25) is 0 Å². The second-order valence-electron chi connectivity index (χ2n) is 3.58. The molecule has 102 valence electrons. The van der Waals surface area contributed by atoms with Crippen LogP contribution in [0.5, 0.6) is 0 Å². The molecule has 0 aromatic carbocycles. The molecule has 0 amide bonds. The standard InChI is InChI=1S/C7H11N3O2S.C3H7NO/c1-8-5(7(11)12)2-4-6(13)10-3-9-4;1-3(4)2-5/h3,5,8,13H,2H2,1H3,(H,9,10)(H,11,12);2-3H,4H2,1H3. The van der Waals surface area contributed by atoms with Gasteiger partial charge >= 0.3 is 5.97 Å². The van der Waals surface area contributed by atoms with Crippen LogP contribution < -0.4 is 11.1 Å². The number of carboxylic acids is 1. The van der Waals surface area contributed by atoms with E-state index >= 15 is 0 Å². The van der Waals surface area contributed by atoms with E-state index in [9.17, 15) is 9.59 Å². The molecule has 1 heterocycles. The number of aromatic amines is 1. The van der Waals surface area contributed by atoms with Crippen LogP contribution in [0, 0.1) is 0 Å². The molecular formula is C10H18N4O3S. The Hall–Kier alpha value is -1.38. The van der Waals surface area contributed by atoms with Gasteiger partial charge in [-0.3, -0.25) is 4.79 Å². The Labute approximate surface area is 111 Å². The third-order valence-corrected chi connectivity index (χ3v) is 2.35. The van der Waals surface area contributed by atoms with Crippen LogP contribution in [0.2, 0.25) is 0 Å². The summed E-state index contributed by atoms with van der Waals surface area (Å²) >= 11 is 4.07. The molecule has 0 aliphatic carbocycles.